The second kappa shape index (κ2) is 5.30. The number of amides is 1. The van der Waals surface area contributed by atoms with Gasteiger partial charge in [-0.1, -0.05) is 24.3 Å². The number of benzene rings is 1. The molecule has 0 saturated carbocycles. The highest BCUT2D eigenvalue weighted by Crippen LogP contribution is 2.21. The monoisotopic (exact) mass is 265 g/mol. The number of carbonyl (C=O) groups excluding carboxylic acids is 1. The van der Waals surface area contributed by atoms with Gasteiger partial charge in [0.1, 0.15) is 5.69 Å². The summed E-state index contributed by atoms with van der Waals surface area (Å²) in [5, 5.41) is 10.9. The molecule has 0 aliphatic carbocycles. The van der Waals surface area contributed by atoms with Crippen molar-refractivity contribution < 1.29 is 4.79 Å². The molecule has 1 atom stereocenters. The summed E-state index contributed by atoms with van der Waals surface area (Å²) in [7, 11) is 0. The lowest BCUT2D eigenvalue weighted by Gasteiger charge is -2.29. The second-order valence-corrected chi connectivity index (χ2v) is 5.10. The smallest absolute Gasteiger partial charge is 0.273 e. The van der Waals surface area contributed by atoms with Gasteiger partial charge >= 0.3 is 0 Å². The van der Waals surface area contributed by atoms with Crippen molar-refractivity contribution in [2.45, 2.75) is 12.8 Å². The van der Waals surface area contributed by atoms with Crippen molar-refractivity contribution in [2.75, 3.05) is 13.1 Å². The summed E-state index contributed by atoms with van der Waals surface area (Å²) in [5.74, 6) is -0.121. The third-order valence-corrected chi connectivity index (χ3v) is 3.77. The lowest BCUT2D eigenvalue weighted by molar-refractivity contribution is 0.0695. The standard InChI is InChI=1S/C16H15N3O/c17-10-12-4-3-9-19(11-12)16(20)15-14-6-2-1-5-13(14)7-8-18-15/h1-2,5-8,12H,3-4,9,11H2. The lowest BCUT2D eigenvalue weighted by atomic mass is 9.99. The maximum absolute atomic E-state index is 12.6. The van der Waals surface area contributed by atoms with Crippen LogP contribution in [0.5, 0.6) is 0 Å². The van der Waals surface area contributed by atoms with Gasteiger partial charge < -0.3 is 4.90 Å². The minimum atomic E-state index is -0.0678. The maximum atomic E-state index is 12.6. The van der Waals surface area contributed by atoms with E-state index in [0.717, 1.165) is 23.6 Å². The Kier molecular flexibility index (Phi) is 3.34. The Labute approximate surface area is 117 Å². The third kappa shape index (κ3) is 2.23. The first-order valence-corrected chi connectivity index (χ1v) is 6.82. The molecule has 4 heteroatoms. The third-order valence-electron chi connectivity index (χ3n) is 3.77. The first-order valence-electron chi connectivity index (χ1n) is 6.82. The molecule has 1 unspecified atom stereocenters. The van der Waals surface area contributed by atoms with Crippen LogP contribution < -0.4 is 0 Å². The van der Waals surface area contributed by atoms with Gasteiger partial charge in [0.15, 0.2) is 0 Å². The molecular formula is C16H15N3O. The fourth-order valence-corrected chi connectivity index (χ4v) is 2.71. The Balaban J connectivity index is 1.95. The van der Waals surface area contributed by atoms with Crippen LogP contribution in [0.3, 0.4) is 0 Å². The average Bonchev–Trinajstić information content (AvgIpc) is 2.53. The molecule has 1 aromatic carbocycles. The summed E-state index contributed by atoms with van der Waals surface area (Å²) in [5.41, 5.74) is 0.488. The van der Waals surface area contributed by atoms with Crippen molar-refractivity contribution >= 4 is 16.7 Å². The Morgan fingerprint density at radius 3 is 3.05 bits per heavy atom. The van der Waals surface area contributed by atoms with E-state index >= 15 is 0 Å². The van der Waals surface area contributed by atoms with Gasteiger partial charge in [0.2, 0.25) is 0 Å². The van der Waals surface area contributed by atoms with E-state index in [2.05, 4.69) is 11.1 Å². The zero-order chi connectivity index (χ0) is 13.9. The molecule has 3 rings (SSSR count). The summed E-state index contributed by atoms with van der Waals surface area (Å²) in [6.07, 6.45) is 3.43. The summed E-state index contributed by atoms with van der Waals surface area (Å²) < 4.78 is 0. The number of rotatable bonds is 1. The number of hydrogen-bond donors (Lipinski definition) is 0. The molecule has 4 nitrogen and oxygen atoms in total. The molecule has 20 heavy (non-hydrogen) atoms. The van der Waals surface area contributed by atoms with E-state index in [-0.39, 0.29) is 11.8 Å². The number of likely N-dealkylation sites (tertiary alicyclic amines) is 1. The molecule has 0 bridgehead atoms. The Morgan fingerprint density at radius 2 is 2.20 bits per heavy atom. The molecule has 2 heterocycles. The first kappa shape index (κ1) is 12.6. The summed E-state index contributed by atoms with van der Waals surface area (Å²) in [6.45, 7) is 1.22. The van der Waals surface area contributed by atoms with Crippen molar-refractivity contribution in [3.8, 4) is 6.07 Å². The SMILES string of the molecule is N#CC1CCCN(C(=O)c2nccc3ccccc23)C1. The molecule has 1 fully saturated rings. The number of nitriles is 1. The maximum Gasteiger partial charge on any atom is 0.273 e. The zero-order valence-electron chi connectivity index (χ0n) is 11.1. The highest BCUT2D eigenvalue weighted by Gasteiger charge is 2.25. The molecule has 0 N–H and O–H groups in total. The van der Waals surface area contributed by atoms with Crippen LogP contribution in [0.25, 0.3) is 10.8 Å². The number of aromatic nitrogens is 1. The Hall–Kier alpha value is -2.41. The highest BCUT2D eigenvalue weighted by atomic mass is 16.2. The van der Waals surface area contributed by atoms with E-state index in [9.17, 15) is 4.79 Å². The van der Waals surface area contributed by atoms with Crippen LogP contribution in [0.2, 0.25) is 0 Å². The van der Waals surface area contributed by atoms with Gasteiger partial charge in [0.25, 0.3) is 5.91 Å². The van der Waals surface area contributed by atoms with Crippen molar-refractivity contribution in [1.82, 2.24) is 9.88 Å². The van der Waals surface area contributed by atoms with Crippen LogP contribution in [0, 0.1) is 17.2 Å². The number of fused-ring (bicyclic) bond motifs is 1. The lowest BCUT2D eigenvalue weighted by Crippen LogP contribution is -2.39. The van der Waals surface area contributed by atoms with E-state index in [4.69, 9.17) is 5.26 Å². The molecule has 0 radical (unpaired) electrons. The van der Waals surface area contributed by atoms with Gasteiger partial charge in [0, 0.05) is 24.7 Å². The highest BCUT2D eigenvalue weighted by molar-refractivity contribution is 6.05. The number of piperidine rings is 1. The van der Waals surface area contributed by atoms with E-state index in [1.165, 1.54) is 0 Å². The number of nitrogens with zero attached hydrogens (tertiary/aromatic N) is 3. The largest absolute Gasteiger partial charge is 0.336 e. The molecule has 0 spiro atoms. The minimum absolute atomic E-state index is 0.0531. The van der Waals surface area contributed by atoms with E-state index in [1.54, 1.807) is 11.1 Å². The van der Waals surface area contributed by atoms with E-state index in [0.29, 0.717) is 18.8 Å². The molecule has 2 aromatic rings. The quantitative estimate of drug-likeness (QED) is 0.796. The van der Waals surface area contributed by atoms with Crippen LogP contribution in [0.1, 0.15) is 23.3 Å². The summed E-state index contributed by atoms with van der Waals surface area (Å²) in [4.78, 5) is 18.6. The normalized spacial score (nSPS) is 18.8. The van der Waals surface area contributed by atoms with Crippen molar-refractivity contribution in [2.24, 2.45) is 5.92 Å². The number of pyridine rings is 1. The number of carbonyl (C=O) groups is 1. The van der Waals surface area contributed by atoms with Gasteiger partial charge in [0.05, 0.1) is 12.0 Å². The molecule has 100 valence electrons. The van der Waals surface area contributed by atoms with Gasteiger partial charge in [-0.25, -0.2) is 0 Å². The Bertz CT molecular complexity index is 684. The topological polar surface area (TPSA) is 57.0 Å². The van der Waals surface area contributed by atoms with Gasteiger partial charge in [-0.05, 0) is 24.3 Å². The van der Waals surface area contributed by atoms with Crippen molar-refractivity contribution in [3.63, 3.8) is 0 Å². The minimum Gasteiger partial charge on any atom is -0.336 e. The predicted molar refractivity (Wildman–Crippen MR) is 76.0 cm³/mol. The number of hydrogen-bond acceptors (Lipinski definition) is 3. The zero-order valence-corrected chi connectivity index (χ0v) is 11.1. The van der Waals surface area contributed by atoms with E-state index in [1.807, 2.05) is 30.3 Å². The summed E-state index contributed by atoms with van der Waals surface area (Å²) in [6, 6.07) is 11.9. The first-order chi connectivity index (χ1) is 9.79. The fraction of sp³-hybridized carbons (Fsp3) is 0.312. The fourth-order valence-electron chi connectivity index (χ4n) is 2.71. The van der Waals surface area contributed by atoms with Crippen LogP contribution >= 0.6 is 0 Å². The van der Waals surface area contributed by atoms with Crippen LogP contribution in [0.15, 0.2) is 36.5 Å². The Morgan fingerprint density at radius 1 is 1.35 bits per heavy atom. The van der Waals surface area contributed by atoms with Crippen molar-refractivity contribution in [3.05, 3.63) is 42.2 Å². The van der Waals surface area contributed by atoms with Gasteiger partial charge in [-0.15, -0.1) is 0 Å². The van der Waals surface area contributed by atoms with Crippen molar-refractivity contribution in [1.29, 1.82) is 5.26 Å². The molecule has 1 saturated heterocycles. The van der Waals surface area contributed by atoms with Gasteiger partial charge in [-0.2, -0.15) is 5.26 Å². The van der Waals surface area contributed by atoms with E-state index < -0.39 is 0 Å². The summed E-state index contributed by atoms with van der Waals surface area (Å²) >= 11 is 0. The van der Waals surface area contributed by atoms with Gasteiger partial charge in [-0.3, -0.25) is 9.78 Å². The molecular weight excluding hydrogens is 250 g/mol. The molecule has 1 aromatic heterocycles. The predicted octanol–water partition coefficient (Wildman–Crippen LogP) is 2.61. The van der Waals surface area contributed by atoms with Crippen LogP contribution in [-0.2, 0) is 0 Å². The second-order valence-electron chi connectivity index (χ2n) is 5.10. The average molecular weight is 265 g/mol. The molecule has 1 amide bonds. The van der Waals surface area contributed by atoms with Crippen LogP contribution in [-0.4, -0.2) is 28.9 Å². The molecule has 1 aliphatic rings. The molecule has 1 aliphatic heterocycles. The van der Waals surface area contributed by atoms with Crippen LogP contribution in [0.4, 0.5) is 0 Å².